The number of halogens is 1. The molecule has 3 rings (SSSR count). The predicted octanol–water partition coefficient (Wildman–Crippen LogP) is 3.87. The maximum absolute atomic E-state index is 6.28. The Morgan fingerprint density at radius 3 is 2.81 bits per heavy atom. The minimum Gasteiger partial charge on any atom is -0.485 e. The molecule has 21 heavy (non-hydrogen) atoms. The summed E-state index contributed by atoms with van der Waals surface area (Å²) in [7, 11) is 0. The minimum absolute atomic E-state index is 0.432. The van der Waals surface area contributed by atoms with Gasteiger partial charge in [-0.25, -0.2) is 0 Å². The topological polar surface area (TPSA) is 34.1 Å². The van der Waals surface area contributed by atoms with Gasteiger partial charge in [0.2, 0.25) is 0 Å². The Labute approximate surface area is 130 Å². The van der Waals surface area contributed by atoms with Crippen molar-refractivity contribution in [3.8, 4) is 5.75 Å². The van der Waals surface area contributed by atoms with Crippen LogP contribution in [0.15, 0.2) is 36.4 Å². The molecular formula is C17H19ClN2O. The molecule has 4 heteroatoms. The number of pyridine rings is 1. The van der Waals surface area contributed by atoms with Crippen molar-refractivity contribution in [2.45, 2.75) is 39.0 Å². The summed E-state index contributed by atoms with van der Waals surface area (Å²) in [4.78, 5) is 4.45. The predicted molar refractivity (Wildman–Crippen MR) is 84.6 cm³/mol. The number of nitrogens with one attached hydrogen (secondary N) is 1. The zero-order valence-electron chi connectivity index (χ0n) is 12.1. The number of para-hydroxylation sites is 1. The van der Waals surface area contributed by atoms with Gasteiger partial charge in [-0.1, -0.05) is 29.8 Å². The second kappa shape index (κ2) is 6.46. The van der Waals surface area contributed by atoms with Gasteiger partial charge in [-0.3, -0.25) is 4.98 Å². The number of benzene rings is 1. The van der Waals surface area contributed by atoms with Crippen LogP contribution in [-0.4, -0.2) is 11.0 Å². The summed E-state index contributed by atoms with van der Waals surface area (Å²) in [6.45, 7) is 3.20. The highest BCUT2D eigenvalue weighted by molar-refractivity contribution is 6.32. The zero-order chi connectivity index (χ0) is 14.7. The van der Waals surface area contributed by atoms with Crippen LogP contribution >= 0.6 is 11.6 Å². The molecule has 0 saturated heterocycles. The van der Waals surface area contributed by atoms with Crippen molar-refractivity contribution < 1.29 is 4.74 Å². The third kappa shape index (κ3) is 3.96. The van der Waals surface area contributed by atoms with E-state index in [1.807, 2.05) is 37.3 Å². The van der Waals surface area contributed by atoms with Gasteiger partial charge in [0.25, 0.3) is 0 Å². The van der Waals surface area contributed by atoms with E-state index in [0.717, 1.165) is 29.2 Å². The molecule has 1 aromatic heterocycles. The number of hydrogen-bond acceptors (Lipinski definition) is 3. The highest BCUT2D eigenvalue weighted by Crippen LogP contribution is 2.30. The van der Waals surface area contributed by atoms with Crippen molar-refractivity contribution in [2.24, 2.45) is 0 Å². The number of hydrogen-bond donors (Lipinski definition) is 1. The first kappa shape index (κ1) is 14.4. The maximum atomic E-state index is 6.28. The molecule has 1 aromatic carbocycles. The van der Waals surface area contributed by atoms with Crippen LogP contribution in [-0.2, 0) is 13.2 Å². The Morgan fingerprint density at radius 2 is 2.05 bits per heavy atom. The van der Waals surface area contributed by atoms with Gasteiger partial charge in [-0.15, -0.1) is 0 Å². The standard InChI is InChI=1S/C17H19ClN2O/c1-12-4-2-6-15(20-12)11-21-17-13(5-3-7-16(17)18)10-19-14-8-9-14/h2-7,14,19H,8-11H2,1H3. The van der Waals surface area contributed by atoms with Crippen LogP contribution in [0.1, 0.15) is 29.8 Å². The van der Waals surface area contributed by atoms with E-state index in [-0.39, 0.29) is 0 Å². The van der Waals surface area contributed by atoms with Gasteiger partial charge < -0.3 is 10.1 Å². The number of ether oxygens (including phenoxy) is 1. The van der Waals surface area contributed by atoms with Crippen molar-refractivity contribution in [2.75, 3.05) is 0 Å². The lowest BCUT2D eigenvalue weighted by atomic mass is 10.2. The molecule has 0 radical (unpaired) electrons. The molecule has 1 heterocycles. The van der Waals surface area contributed by atoms with Crippen LogP contribution in [0, 0.1) is 6.92 Å². The summed E-state index contributed by atoms with van der Waals surface area (Å²) in [5.74, 6) is 0.760. The largest absolute Gasteiger partial charge is 0.485 e. The molecule has 1 fully saturated rings. The fourth-order valence-electron chi connectivity index (χ4n) is 2.22. The third-order valence-electron chi connectivity index (χ3n) is 3.52. The first-order valence-corrected chi connectivity index (χ1v) is 7.66. The molecule has 0 spiro atoms. The Hall–Kier alpha value is -1.58. The molecule has 0 bridgehead atoms. The molecule has 0 unspecified atom stereocenters. The van der Waals surface area contributed by atoms with E-state index in [0.29, 0.717) is 17.7 Å². The summed E-state index contributed by atoms with van der Waals surface area (Å²) in [5.41, 5.74) is 3.00. The number of aryl methyl sites for hydroxylation is 1. The van der Waals surface area contributed by atoms with Crippen molar-refractivity contribution in [1.29, 1.82) is 0 Å². The van der Waals surface area contributed by atoms with E-state index in [2.05, 4.69) is 16.4 Å². The van der Waals surface area contributed by atoms with E-state index in [4.69, 9.17) is 16.3 Å². The second-order valence-electron chi connectivity index (χ2n) is 5.44. The van der Waals surface area contributed by atoms with E-state index < -0.39 is 0 Å². The summed E-state index contributed by atoms with van der Waals surface area (Å²) in [6, 6.07) is 12.5. The fourth-order valence-corrected chi connectivity index (χ4v) is 2.47. The van der Waals surface area contributed by atoms with Crippen LogP contribution in [0.25, 0.3) is 0 Å². The van der Waals surface area contributed by atoms with E-state index in [1.165, 1.54) is 12.8 Å². The molecule has 3 nitrogen and oxygen atoms in total. The van der Waals surface area contributed by atoms with Crippen LogP contribution in [0.3, 0.4) is 0 Å². The number of nitrogens with zero attached hydrogens (tertiary/aromatic N) is 1. The van der Waals surface area contributed by atoms with E-state index >= 15 is 0 Å². The van der Waals surface area contributed by atoms with Gasteiger partial charge in [0, 0.05) is 23.8 Å². The van der Waals surface area contributed by atoms with Crippen molar-refractivity contribution in [3.63, 3.8) is 0 Å². The van der Waals surface area contributed by atoms with Gasteiger partial charge in [0.05, 0.1) is 10.7 Å². The molecule has 1 saturated carbocycles. The lowest BCUT2D eigenvalue weighted by molar-refractivity contribution is 0.297. The molecule has 2 aromatic rings. The van der Waals surface area contributed by atoms with Gasteiger partial charge in [-0.05, 0) is 38.0 Å². The number of aromatic nitrogens is 1. The average Bonchev–Trinajstić information content (AvgIpc) is 3.28. The Kier molecular flexibility index (Phi) is 4.42. The maximum Gasteiger partial charge on any atom is 0.142 e. The summed E-state index contributed by atoms with van der Waals surface area (Å²) < 4.78 is 5.93. The summed E-state index contributed by atoms with van der Waals surface area (Å²) >= 11 is 6.28. The summed E-state index contributed by atoms with van der Waals surface area (Å²) in [5, 5.41) is 4.14. The minimum atomic E-state index is 0.432. The fraction of sp³-hybridized carbons (Fsp3) is 0.353. The van der Waals surface area contributed by atoms with Crippen LogP contribution in [0.4, 0.5) is 0 Å². The van der Waals surface area contributed by atoms with Crippen molar-refractivity contribution in [3.05, 3.63) is 58.4 Å². The SMILES string of the molecule is Cc1cccc(COc2c(Cl)cccc2CNC2CC2)n1. The molecule has 1 aliphatic rings. The van der Waals surface area contributed by atoms with Gasteiger partial charge in [0.1, 0.15) is 12.4 Å². The lowest BCUT2D eigenvalue weighted by Crippen LogP contribution is -2.16. The first-order valence-electron chi connectivity index (χ1n) is 7.28. The Morgan fingerprint density at radius 1 is 1.24 bits per heavy atom. The molecule has 0 amide bonds. The third-order valence-corrected chi connectivity index (χ3v) is 3.82. The van der Waals surface area contributed by atoms with Crippen LogP contribution < -0.4 is 10.1 Å². The molecule has 0 aliphatic heterocycles. The Bertz CT molecular complexity index is 626. The van der Waals surface area contributed by atoms with Gasteiger partial charge in [0.15, 0.2) is 0 Å². The van der Waals surface area contributed by atoms with Crippen molar-refractivity contribution in [1.82, 2.24) is 10.3 Å². The smallest absolute Gasteiger partial charge is 0.142 e. The zero-order valence-corrected chi connectivity index (χ0v) is 12.9. The monoisotopic (exact) mass is 302 g/mol. The van der Waals surface area contributed by atoms with Crippen molar-refractivity contribution >= 4 is 11.6 Å². The molecular weight excluding hydrogens is 284 g/mol. The summed E-state index contributed by atoms with van der Waals surface area (Å²) in [6.07, 6.45) is 2.54. The van der Waals surface area contributed by atoms with Gasteiger partial charge in [-0.2, -0.15) is 0 Å². The average molecular weight is 303 g/mol. The van der Waals surface area contributed by atoms with Gasteiger partial charge >= 0.3 is 0 Å². The number of rotatable bonds is 6. The van der Waals surface area contributed by atoms with E-state index in [9.17, 15) is 0 Å². The lowest BCUT2D eigenvalue weighted by Gasteiger charge is -2.13. The highest BCUT2D eigenvalue weighted by atomic mass is 35.5. The molecule has 0 atom stereocenters. The van der Waals surface area contributed by atoms with Crippen LogP contribution in [0.2, 0.25) is 5.02 Å². The molecule has 110 valence electrons. The second-order valence-corrected chi connectivity index (χ2v) is 5.85. The Balaban J connectivity index is 1.70. The normalized spacial score (nSPS) is 14.2. The molecule has 1 aliphatic carbocycles. The quantitative estimate of drug-likeness (QED) is 0.879. The highest BCUT2D eigenvalue weighted by Gasteiger charge is 2.21. The van der Waals surface area contributed by atoms with Crippen LogP contribution in [0.5, 0.6) is 5.75 Å². The first-order chi connectivity index (χ1) is 10.2. The van der Waals surface area contributed by atoms with E-state index in [1.54, 1.807) is 0 Å². The molecule has 1 N–H and O–H groups in total.